The summed E-state index contributed by atoms with van der Waals surface area (Å²) in [5.74, 6) is -0.423. The van der Waals surface area contributed by atoms with Crippen LogP contribution >= 0.6 is 0 Å². The van der Waals surface area contributed by atoms with Crippen molar-refractivity contribution in [3.8, 4) is 0 Å². The van der Waals surface area contributed by atoms with Crippen molar-refractivity contribution in [1.29, 1.82) is 0 Å². The zero-order valence-electron chi connectivity index (χ0n) is 18.8. The normalized spacial score (nSPS) is 14.6. The standard InChI is InChI=1S/C26H26FN5O2/c27-20-7-9-21(10-8-20)31-16-14-30(15-17-31)13-3-12-28-25(33)19-6-11-24-29-23-5-2-1-4-22(23)26(34)32(24)18-19/h1-2,4-11,18H,3,12-17H2,(H,28,33). The minimum atomic E-state index is -0.217. The Labute approximate surface area is 196 Å². The number of para-hydroxylation sites is 1. The number of hydrogen-bond acceptors (Lipinski definition) is 5. The molecule has 7 nitrogen and oxygen atoms in total. The minimum Gasteiger partial charge on any atom is -0.369 e. The van der Waals surface area contributed by atoms with Crippen molar-refractivity contribution < 1.29 is 9.18 Å². The van der Waals surface area contributed by atoms with Crippen LogP contribution in [0.2, 0.25) is 0 Å². The largest absolute Gasteiger partial charge is 0.369 e. The van der Waals surface area contributed by atoms with Crippen molar-refractivity contribution in [2.24, 2.45) is 0 Å². The Morgan fingerprint density at radius 3 is 2.53 bits per heavy atom. The maximum atomic E-state index is 13.1. The number of rotatable bonds is 6. The van der Waals surface area contributed by atoms with Crippen LogP contribution in [0, 0.1) is 5.82 Å². The molecule has 0 saturated carbocycles. The quantitative estimate of drug-likeness (QED) is 0.355. The van der Waals surface area contributed by atoms with Crippen LogP contribution in [-0.4, -0.2) is 59.5 Å². The van der Waals surface area contributed by atoms with Crippen LogP contribution in [0.4, 0.5) is 10.1 Å². The van der Waals surface area contributed by atoms with Gasteiger partial charge in [0.2, 0.25) is 0 Å². The van der Waals surface area contributed by atoms with Crippen LogP contribution in [0.1, 0.15) is 16.8 Å². The molecule has 5 rings (SSSR count). The highest BCUT2D eigenvalue weighted by Gasteiger charge is 2.17. The number of piperazine rings is 1. The average Bonchev–Trinajstić information content (AvgIpc) is 2.87. The van der Waals surface area contributed by atoms with Gasteiger partial charge >= 0.3 is 0 Å². The molecule has 1 N–H and O–H groups in total. The van der Waals surface area contributed by atoms with E-state index in [1.54, 1.807) is 36.5 Å². The summed E-state index contributed by atoms with van der Waals surface area (Å²) in [6.45, 7) is 5.10. The van der Waals surface area contributed by atoms with E-state index >= 15 is 0 Å². The number of nitrogens with one attached hydrogen (secondary N) is 1. The third-order valence-electron chi connectivity index (χ3n) is 6.28. The summed E-state index contributed by atoms with van der Waals surface area (Å²) >= 11 is 0. The smallest absolute Gasteiger partial charge is 0.265 e. The van der Waals surface area contributed by atoms with Crippen molar-refractivity contribution in [2.45, 2.75) is 6.42 Å². The topological polar surface area (TPSA) is 70.0 Å². The first-order chi connectivity index (χ1) is 16.6. The van der Waals surface area contributed by atoms with E-state index in [9.17, 15) is 14.0 Å². The molecule has 1 fully saturated rings. The van der Waals surface area contributed by atoms with Crippen molar-refractivity contribution in [3.63, 3.8) is 0 Å². The van der Waals surface area contributed by atoms with Crippen molar-refractivity contribution in [3.05, 3.63) is 88.6 Å². The van der Waals surface area contributed by atoms with Gasteiger partial charge in [0.25, 0.3) is 11.5 Å². The molecular formula is C26H26FN5O2. The molecule has 0 atom stereocenters. The van der Waals surface area contributed by atoms with E-state index in [4.69, 9.17) is 0 Å². The Hall–Kier alpha value is -3.78. The zero-order valence-corrected chi connectivity index (χ0v) is 18.8. The first-order valence-electron chi connectivity index (χ1n) is 11.5. The van der Waals surface area contributed by atoms with Gasteiger partial charge in [-0.1, -0.05) is 12.1 Å². The number of carbonyl (C=O) groups is 1. The van der Waals surface area contributed by atoms with Gasteiger partial charge in [-0.3, -0.25) is 18.9 Å². The van der Waals surface area contributed by atoms with Crippen molar-refractivity contribution in [1.82, 2.24) is 19.6 Å². The van der Waals surface area contributed by atoms with Crippen LogP contribution in [0.5, 0.6) is 0 Å². The molecule has 0 aliphatic carbocycles. The summed E-state index contributed by atoms with van der Waals surface area (Å²) in [6.07, 6.45) is 2.39. The molecule has 1 saturated heterocycles. The summed E-state index contributed by atoms with van der Waals surface area (Å²) in [5, 5.41) is 3.48. The number of fused-ring (bicyclic) bond motifs is 2. The van der Waals surface area contributed by atoms with Crippen molar-refractivity contribution in [2.75, 3.05) is 44.2 Å². The van der Waals surface area contributed by atoms with E-state index in [0.29, 0.717) is 28.7 Å². The number of anilines is 1. The highest BCUT2D eigenvalue weighted by atomic mass is 19.1. The molecule has 0 radical (unpaired) electrons. The number of benzene rings is 2. The number of carbonyl (C=O) groups excluding carboxylic acids is 1. The lowest BCUT2D eigenvalue weighted by Crippen LogP contribution is -2.47. The first-order valence-corrected chi connectivity index (χ1v) is 11.5. The lowest BCUT2D eigenvalue weighted by atomic mass is 10.2. The van der Waals surface area contributed by atoms with Crippen LogP contribution in [0.25, 0.3) is 16.6 Å². The Morgan fingerprint density at radius 1 is 0.971 bits per heavy atom. The molecule has 1 aliphatic heterocycles. The van der Waals surface area contributed by atoms with E-state index < -0.39 is 0 Å². The first kappa shape index (κ1) is 22.0. The van der Waals surface area contributed by atoms with E-state index in [0.717, 1.165) is 44.8 Å². The molecule has 174 valence electrons. The third-order valence-corrected chi connectivity index (χ3v) is 6.28. The van der Waals surface area contributed by atoms with E-state index in [1.165, 1.54) is 16.5 Å². The lowest BCUT2D eigenvalue weighted by molar-refractivity contribution is 0.0951. The second kappa shape index (κ2) is 9.61. The summed E-state index contributed by atoms with van der Waals surface area (Å²) < 4.78 is 14.6. The molecule has 0 bridgehead atoms. The molecule has 8 heteroatoms. The third kappa shape index (κ3) is 4.63. The molecule has 34 heavy (non-hydrogen) atoms. The average molecular weight is 460 g/mol. The van der Waals surface area contributed by atoms with Crippen LogP contribution in [0.15, 0.2) is 71.7 Å². The van der Waals surface area contributed by atoms with Gasteiger partial charge in [-0.15, -0.1) is 0 Å². The summed E-state index contributed by atoms with van der Waals surface area (Å²) in [6, 6.07) is 17.2. The predicted molar refractivity (Wildman–Crippen MR) is 131 cm³/mol. The number of amides is 1. The monoisotopic (exact) mass is 459 g/mol. The highest BCUT2D eigenvalue weighted by Crippen LogP contribution is 2.17. The molecule has 1 amide bonds. The summed E-state index contributed by atoms with van der Waals surface area (Å²) in [5.41, 5.74) is 2.45. The van der Waals surface area contributed by atoms with Gasteiger partial charge in [0.1, 0.15) is 11.5 Å². The Morgan fingerprint density at radius 2 is 1.74 bits per heavy atom. The van der Waals surface area contributed by atoms with Gasteiger partial charge < -0.3 is 10.2 Å². The van der Waals surface area contributed by atoms with Crippen LogP contribution < -0.4 is 15.8 Å². The molecule has 0 spiro atoms. The molecule has 3 heterocycles. The Bertz CT molecular complexity index is 1380. The molecule has 2 aromatic carbocycles. The second-order valence-corrected chi connectivity index (χ2v) is 8.49. The van der Waals surface area contributed by atoms with Crippen molar-refractivity contribution >= 4 is 28.1 Å². The van der Waals surface area contributed by atoms with Crippen LogP contribution in [-0.2, 0) is 0 Å². The molecule has 4 aromatic rings. The van der Waals surface area contributed by atoms with Gasteiger partial charge in [0.05, 0.1) is 16.5 Å². The van der Waals surface area contributed by atoms with Gasteiger partial charge in [0, 0.05) is 44.6 Å². The van der Waals surface area contributed by atoms with Gasteiger partial charge in [-0.2, -0.15) is 0 Å². The number of pyridine rings is 1. The fourth-order valence-corrected chi connectivity index (χ4v) is 4.37. The number of nitrogens with zero attached hydrogens (tertiary/aromatic N) is 4. The SMILES string of the molecule is O=C(NCCCN1CCN(c2ccc(F)cc2)CC1)c1ccc2nc3ccccc3c(=O)n2c1. The number of halogens is 1. The Balaban J connectivity index is 1.12. The summed E-state index contributed by atoms with van der Waals surface area (Å²) in [4.78, 5) is 34.6. The van der Waals surface area contributed by atoms with Gasteiger partial charge in [0.15, 0.2) is 0 Å². The number of hydrogen-bond donors (Lipinski definition) is 1. The maximum Gasteiger partial charge on any atom is 0.265 e. The van der Waals surface area contributed by atoms with E-state index in [-0.39, 0.29) is 17.3 Å². The molecular weight excluding hydrogens is 433 g/mol. The van der Waals surface area contributed by atoms with Gasteiger partial charge in [-0.25, -0.2) is 9.37 Å². The molecule has 1 aliphatic rings. The van der Waals surface area contributed by atoms with Gasteiger partial charge in [-0.05, 0) is 61.5 Å². The number of aromatic nitrogens is 2. The lowest BCUT2D eigenvalue weighted by Gasteiger charge is -2.36. The molecule has 0 unspecified atom stereocenters. The fraction of sp³-hybridized carbons (Fsp3) is 0.269. The maximum absolute atomic E-state index is 13.1. The summed E-state index contributed by atoms with van der Waals surface area (Å²) in [7, 11) is 0. The zero-order chi connectivity index (χ0) is 23.5. The van der Waals surface area contributed by atoms with E-state index in [2.05, 4.69) is 20.1 Å². The van der Waals surface area contributed by atoms with E-state index in [1.807, 2.05) is 18.2 Å². The fourth-order valence-electron chi connectivity index (χ4n) is 4.37. The minimum absolute atomic E-state index is 0.185. The highest BCUT2D eigenvalue weighted by molar-refractivity contribution is 5.94. The second-order valence-electron chi connectivity index (χ2n) is 8.49. The molecule has 2 aromatic heterocycles. The Kier molecular flexibility index (Phi) is 6.22. The van der Waals surface area contributed by atoms with Crippen LogP contribution in [0.3, 0.4) is 0 Å². The predicted octanol–water partition coefficient (Wildman–Crippen LogP) is 2.93.